The molecule has 0 saturated carbocycles. The SMILES string of the molecule is C=CCn1c(=O)c2ccccc2n2c(SCC(=O)c3cn(CCC#N)c4ccccc34)nnc12. The van der Waals surface area contributed by atoms with Gasteiger partial charge < -0.3 is 4.57 Å². The van der Waals surface area contributed by atoms with Crippen LogP contribution in [0.1, 0.15) is 16.8 Å². The van der Waals surface area contributed by atoms with Gasteiger partial charge in [-0.3, -0.25) is 18.6 Å². The third kappa shape index (κ3) is 3.58. The molecule has 0 radical (unpaired) electrons. The van der Waals surface area contributed by atoms with Crippen molar-refractivity contribution in [1.29, 1.82) is 5.26 Å². The fourth-order valence-electron chi connectivity index (χ4n) is 4.15. The van der Waals surface area contributed by atoms with Crippen molar-refractivity contribution in [2.24, 2.45) is 0 Å². The molecule has 0 aliphatic heterocycles. The Balaban J connectivity index is 1.52. The minimum Gasteiger partial charge on any atom is -0.346 e. The number of aromatic nitrogens is 5. The van der Waals surface area contributed by atoms with E-state index in [-0.39, 0.29) is 17.1 Å². The molecule has 0 N–H and O–H groups in total. The van der Waals surface area contributed by atoms with Crippen LogP contribution in [0.3, 0.4) is 0 Å². The van der Waals surface area contributed by atoms with E-state index in [1.807, 2.05) is 57.6 Å². The van der Waals surface area contributed by atoms with Gasteiger partial charge in [-0.1, -0.05) is 48.2 Å². The summed E-state index contributed by atoms with van der Waals surface area (Å²) in [6.45, 7) is 4.57. The van der Waals surface area contributed by atoms with Crippen LogP contribution >= 0.6 is 11.8 Å². The summed E-state index contributed by atoms with van der Waals surface area (Å²) >= 11 is 1.28. The van der Waals surface area contributed by atoms with Gasteiger partial charge in [-0.25, -0.2) is 0 Å². The van der Waals surface area contributed by atoms with E-state index >= 15 is 0 Å². The Hall–Kier alpha value is -4.16. The first-order valence-electron chi connectivity index (χ1n) is 10.7. The molecular weight excluding hydrogens is 448 g/mol. The van der Waals surface area contributed by atoms with Crippen LogP contribution < -0.4 is 5.56 Å². The number of Topliss-reactive ketones (excluding diaryl/α,β-unsaturated/α-hetero) is 1. The normalized spacial score (nSPS) is 11.3. The number of nitriles is 1. The monoisotopic (exact) mass is 468 g/mol. The lowest BCUT2D eigenvalue weighted by atomic mass is 10.1. The van der Waals surface area contributed by atoms with Gasteiger partial charge in [0.15, 0.2) is 10.9 Å². The molecule has 3 aromatic heterocycles. The van der Waals surface area contributed by atoms with Crippen LogP contribution in [0.5, 0.6) is 0 Å². The van der Waals surface area contributed by atoms with Crippen LogP contribution in [0.2, 0.25) is 0 Å². The first-order chi connectivity index (χ1) is 16.6. The quantitative estimate of drug-likeness (QED) is 0.193. The van der Waals surface area contributed by atoms with Gasteiger partial charge in [0.25, 0.3) is 5.56 Å². The van der Waals surface area contributed by atoms with Crippen molar-refractivity contribution >= 4 is 45.1 Å². The predicted molar refractivity (Wildman–Crippen MR) is 132 cm³/mol. The van der Waals surface area contributed by atoms with Gasteiger partial charge in [-0.15, -0.1) is 16.8 Å². The van der Waals surface area contributed by atoms with Crippen LogP contribution in [0, 0.1) is 11.3 Å². The van der Waals surface area contributed by atoms with E-state index in [1.54, 1.807) is 12.1 Å². The maximum atomic E-state index is 13.2. The number of ketones is 1. The highest BCUT2D eigenvalue weighted by atomic mass is 32.2. The lowest BCUT2D eigenvalue weighted by molar-refractivity contribution is 0.102. The molecule has 9 heteroatoms. The largest absolute Gasteiger partial charge is 0.346 e. The second kappa shape index (κ2) is 9.00. The Labute approximate surface area is 198 Å². The summed E-state index contributed by atoms with van der Waals surface area (Å²) in [5.41, 5.74) is 2.07. The maximum absolute atomic E-state index is 13.2. The minimum absolute atomic E-state index is 0.0441. The van der Waals surface area contributed by atoms with Crippen LogP contribution in [0.15, 0.2) is 77.3 Å². The Morgan fingerprint density at radius 1 is 1.09 bits per heavy atom. The molecule has 8 nitrogen and oxygen atoms in total. The molecule has 0 aliphatic carbocycles. The number of benzene rings is 2. The number of nitrogens with zero attached hydrogens (tertiary/aromatic N) is 6. The number of aryl methyl sites for hydroxylation is 1. The van der Waals surface area contributed by atoms with E-state index in [1.165, 1.54) is 16.3 Å². The molecule has 5 rings (SSSR count). The average molecular weight is 469 g/mol. The second-order valence-electron chi connectivity index (χ2n) is 7.71. The van der Waals surface area contributed by atoms with Gasteiger partial charge in [-0.2, -0.15) is 5.26 Å². The molecule has 168 valence electrons. The number of hydrogen-bond donors (Lipinski definition) is 0. The van der Waals surface area contributed by atoms with E-state index in [4.69, 9.17) is 5.26 Å². The van der Waals surface area contributed by atoms with Gasteiger partial charge in [-0.05, 0) is 18.2 Å². The van der Waals surface area contributed by atoms with E-state index < -0.39 is 0 Å². The van der Waals surface area contributed by atoms with Crippen molar-refractivity contribution in [3.05, 3.63) is 83.3 Å². The zero-order valence-corrected chi connectivity index (χ0v) is 19.0. The summed E-state index contributed by atoms with van der Waals surface area (Å²) in [4.78, 5) is 26.2. The smallest absolute Gasteiger partial charge is 0.263 e. The molecule has 5 aromatic rings. The molecule has 0 bridgehead atoms. The van der Waals surface area contributed by atoms with Gasteiger partial charge in [0.2, 0.25) is 5.78 Å². The average Bonchev–Trinajstić information content (AvgIpc) is 3.46. The molecule has 0 spiro atoms. The number of thioether (sulfide) groups is 1. The number of para-hydroxylation sites is 2. The Kier molecular flexibility index (Phi) is 5.74. The minimum atomic E-state index is -0.159. The summed E-state index contributed by atoms with van der Waals surface area (Å²) in [7, 11) is 0. The molecule has 0 fully saturated rings. The van der Waals surface area contributed by atoms with Crippen LogP contribution in [-0.2, 0) is 13.1 Å². The number of fused-ring (bicyclic) bond motifs is 4. The molecule has 0 unspecified atom stereocenters. The van der Waals surface area contributed by atoms with E-state index in [2.05, 4.69) is 22.8 Å². The van der Waals surface area contributed by atoms with Crippen LogP contribution in [0.25, 0.3) is 27.6 Å². The van der Waals surface area contributed by atoms with Crippen molar-refractivity contribution in [1.82, 2.24) is 23.7 Å². The van der Waals surface area contributed by atoms with Crippen molar-refractivity contribution in [3.8, 4) is 6.07 Å². The molecule has 0 atom stereocenters. The first kappa shape index (κ1) is 21.7. The lowest BCUT2D eigenvalue weighted by Crippen LogP contribution is -2.22. The Morgan fingerprint density at radius 3 is 2.59 bits per heavy atom. The highest BCUT2D eigenvalue weighted by molar-refractivity contribution is 7.99. The molecule has 2 aromatic carbocycles. The lowest BCUT2D eigenvalue weighted by Gasteiger charge is -2.09. The molecule has 0 amide bonds. The first-order valence-corrected chi connectivity index (χ1v) is 11.7. The fourth-order valence-corrected chi connectivity index (χ4v) is 4.98. The zero-order chi connectivity index (χ0) is 23.7. The number of carbonyl (C=O) groups excluding carboxylic acids is 1. The van der Waals surface area contributed by atoms with Crippen LogP contribution in [0.4, 0.5) is 0 Å². The van der Waals surface area contributed by atoms with Gasteiger partial charge >= 0.3 is 0 Å². The molecule has 34 heavy (non-hydrogen) atoms. The second-order valence-corrected chi connectivity index (χ2v) is 8.66. The summed E-state index contributed by atoms with van der Waals surface area (Å²) in [6.07, 6.45) is 3.83. The Morgan fingerprint density at radius 2 is 1.82 bits per heavy atom. The zero-order valence-electron chi connectivity index (χ0n) is 18.2. The van der Waals surface area contributed by atoms with Crippen molar-refractivity contribution in [2.45, 2.75) is 24.7 Å². The van der Waals surface area contributed by atoms with Crippen molar-refractivity contribution in [3.63, 3.8) is 0 Å². The van der Waals surface area contributed by atoms with E-state index in [0.717, 1.165) is 10.9 Å². The summed E-state index contributed by atoms with van der Waals surface area (Å²) in [6, 6.07) is 17.1. The van der Waals surface area contributed by atoms with E-state index in [0.29, 0.717) is 46.9 Å². The molecule has 0 saturated heterocycles. The van der Waals surface area contributed by atoms with Gasteiger partial charge in [0.05, 0.1) is 29.1 Å². The van der Waals surface area contributed by atoms with Crippen LogP contribution in [-0.4, -0.2) is 35.3 Å². The maximum Gasteiger partial charge on any atom is 0.263 e. The highest BCUT2D eigenvalue weighted by Gasteiger charge is 2.19. The van der Waals surface area contributed by atoms with Gasteiger partial charge in [0, 0.05) is 35.8 Å². The third-order valence-electron chi connectivity index (χ3n) is 5.68. The number of carbonyl (C=O) groups is 1. The van der Waals surface area contributed by atoms with Crippen molar-refractivity contribution < 1.29 is 4.79 Å². The predicted octanol–water partition coefficient (Wildman–Crippen LogP) is 4.07. The topological polar surface area (TPSA) is 98.0 Å². The molecular formula is C25H20N6O2S. The van der Waals surface area contributed by atoms with Gasteiger partial charge in [0.1, 0.15) is 0 Å². The highest BCUT2D eigenvalue weighted by Crippen LogP contribution is 2.26. The number of rotatable bonds is 8. The summed E-state index contributed by atoms with van der Waals surface area (Å²) < 4.78 is 5.29. The van der Waals surface area contributed by atoms with E-state index in [9.17, 15) is 9.59 Å². The third-order valence-corrected chi connectivity index (χ3v) is 6.60. The fraction of sp³-hybridized carbons (Fsp3) is 0.160. The summed E-state index contributed by atoms with van der Waals surface area (Å²) in [5, 5.41) is 19.4. The number of allylic oxidation sites excluding steroid dienone is 1. The Bertz CT molecular complexity index is 1670. The van der Waals surface area contributed by atoms with Crippen molar-refractivity contribution in [2.75, 3.05) is 5.75 Å². The molecule has 0 aliphatic rings. The summed E-state index contributed by atoms with van der Waals surface area (Å²) in [5.74, 6) is 0.520. The number of hydrogen-bond acceptors (Lipinski definition) is 6. The molecule has 3 heterocycles. The standard InChI is InChI=1S/C25H20N6O2S/c1-2-13-30-23(33)18-9-4-6-11-21(18)31-24(30)27-28-25(31)34-16-22(32)19-15-29(14-7-12-26)20-10-5-3-8-17(19)20/h2-6,8-11,15H,1,7,13-14,16H2.